The van der Waals surface area contributed by atoms with Gasteiger partial charge >= 0.3 is 122 Å². The zero-order valence-electron chi connectivity index (χ0n) is 13.4. The average molecular weight is 348 g/mol. The van der Waals surface area contributed by atoms with Crippen LogP contribution in [0.25, 0.3) is 0 Å². The first-order chi connectivity index (χ1) is 9.34. The van der Waals surface area contributed by atoms with Gasteiger partial charge in [-0.1, -0.05) is 0 Å². The standard InChI is InChI=1S/C7H31N10P3/c1-9-18(8,16-19(10-2,11-3)12-4)17-20(13-5,14-6)15-7/h9-15,18H,8H2,1-7H3. The molecule has 0 heterocycles. The molecule has 0 rings (SSSR count). The summed E-state index contributed by atoms with van der Waals surface area (Å²) < 4.78 is 9.53. The Kier molecular flexibility index (Phi) is 9.13. The first kappa shape index (κ1) is 20.6. The van der Waals surface area contributed by atoms with Gasteiger partial charge in [-0.05, 0) is 0 Å². The molecule has 0 saturated carbocycles. The minimum absolute atomic E-state index is 1.78. The second-order valence-electron chi connectivity index (χ2n) is 3.79. The van der Waals surface area contributed by atoms with Crippen LogP contribution in [0.4, 0.5) is 0 Å². The van der Waals surface area contributed by atoms with Crippen LogP contribution in [-0.4, -0.2) is 49.3 Å². The zero-order valence-corrected chi connectivity index (χ0v) is 16.2. The SMILES string of the molecule is CNP(=N[PH](N)(N=P(NC)(NC)NC)NC)(NC)NC. The van der Waals surface area contributed by atoms with Crippen LogP contribution in [0.1, 0.15) is 0 Å². The molecule has 0 amide bonds. The van der Waals surface area contributed by atoms with Crippen molar-refractivity contribution in [1.29, 1.82) is 0 Å². The van der Waals surface area contributed by atoms with Crippen molar-refractivity contribution >= 4 is 22.9 Å². The van der Waals surface area contributed by atoms with Crippen molar-refractivity contribution in [3.63, 3.8) is 0 Å². The Morgan fingerprint density at radius 2 is 0.900 bits per heavy atom. The maximum atomic E-state index is 6.43. The van der Waals surface area contributed by atoms with Crippen LogP contribution in [0.15, 0.2) is 9.03 Å². The second-order valence-corrected chi connectivity index (χ2v) is 12.6. The van der Waals surface area contributed by atoms with Crippen LogP contribution in [0.2, 0.25) is 0 Å². The summed E-state index contributed by atoms with van der Waals surface area (Å²) in [5.74, 6) is 0. The van der Waals surface area contributed by atoms with E-state index in [0.29, 0.717) is 0 Å². The predicted molar refractivity (Wildman–Crippen MR) is 94.6 cm³/mol. The van der Waals surface area contributed by atoms with Crippen molar-refractivity contribution in [3.8, 4) is 0 Å². The van der Waals surface area contributed by atoms with E-state index in [9.17, 15) is 0 Å². The van der Waals surface area contributed by atoms with Crippen molar-refractivity contribution in [2.24, 2.45) is 14.5 Å². The molecule has 0 bridgehead atoms. The molecule has 0 radical (unpaired) electrons. The molecule has 0 aliphatic rings. The van der Waals surface area contributed by atoms with Gasteiger partial charge in [-0.15, -0.1) is 0 Å². The molecule has 0 aliphatic carbocycles. The first-order valence-corrected chi connectivity index (χ1v) is 11.7. The summed E-state index contributed by atoms with van der Waals surface area (Å²) in [6, 6.07) is 0. The molecule has 0 aliphatic heterocycles. The Hall–Kier alpha value is 0.570. The van der Waals surface area contributed by atoms with Gasteiger partial charge in [-0.3, -0.25) is 0 Å². The fraction of sp³-hybridized carbons (Fsp3) is 1.00. The summed E-state index contributed by atoms with van der Waals surface area (Å²) in [6.07, 6.45) is 0. The summed E-state index contributed by atoms with van der Waals surface area (Å²) in [4.78, 5) is 0. The van der Waals surface area contributed by atoms with Crippen LogP contribution in [-0.2, 0) is 0 Å². The number of hydrogen-bond acceptors (Lipinski definition) is 4. The van der Waals surface area contributed by atoms with Crippen LogP contribution >= 0.6 is 22.9 Å². The predicted octanol–water partition coefficient (Wildman–Crippen LogP) is -0.217. The average Bonchev–Trinajstić information content (AvgIpc) is 2.51. The Morgan fingerprint density at radius 3 is 1.05 bits per heavy atom. The van der Waals surface area contributed by atoms with Gasteiger partial charge in [0.15, 0.2) is 0 Å². The Morgan fingerprint density at radius 1 is 0.650 bits per heavy atom. The van der Waals surface area contributed by atoms with Crippen molar-refractivity contribution in [1.82, 2.24) is 35.6 Å². The fourth-order valence-corrected chi connectivity index (χ4v) is 10.3. The molecule has 0 saturated heterocycles. The van der Waals surface area contributed by atoms with E-state index in [1.807, 2.05) is 42.3 Å². The molecule has 0 spiro atoms. The second kappa shape index (κ2) is 8.88. The topological polar surface area (TPSA) is 135 Å². The van der Waals surface area contributed by atoms with Crippen LogP contribution in [0.3, 0.4) is 0 Å². The zero-order chi connectivity index (χ0) is 15.9. The van der Waals surface area contributed by atoms with Crippen LogP contribution in [0, 0.1) is 0 Å². The molecule has 0 aromatic rings. The number of nitrogens with two attached hydrogens (primary N) is 1. The molecule has 0 atom stereocenters. The van der Waals surface area contributed by atoms with E-state index in [1.54, 1.807) is 7.05 Å². The van der Waals surface area contributed by atoms with Crippen molar-refractivity contribution in [3.05, 3.63) is 0 Å². The van der Waals surface area contributed by atoms with Gasteiger partial charge in [-0.25, -0.2) is 0 Å². The minimum atomic E-state index is -2.90. The number of rotatable bonds is 9. The monoisotopic (exact) mass is 348 g/mol. The molecule has 124 valence electrons. The van der Waals surface area contributed by atoms with E-state index in [4.69, 9.17) is 14.5 Å². The van der Waals surface area contributed by atoms with Gasteiger partial charge in [-0.2, -0.15) is 0 Å². The molecule has 0 unspecified atom stereocenters. The summed E-state index contributed by atoms with van der Waals surface area (Å²) >= 11 is 0. The first-order valence-electron chi connectivity index (χ1n) is 6.23. The van der Waals surface area contributed by atoms with E-state index < -0.39 is 22.9 Å². The molecule has 13 heteroatoms. The van der Waals surface area contributed by atoms with E-state index in [1.165, 1.54) is 0 Å². The molecular formula is C7H31N10P3. The van der Waals surface area contributed by atoms with Crippen molar-refractivity contribution in [2.75, 3.05) is 49.3 Å². The van der Waals surface area contributed by atoms with Gasteiger partial charge in [0.05, 0.1) is 0 Å². The third kappa shape index (κ3) is 5.09. The van der Waals surface area contributed by atoms with Crippen molar-refractivity contribution in [2.45, 2.75) is 0 Å². The Balaban J connectivity index is 5.96. The molecule has 0 aromatic carbocycles. The third-order valence-electron chi connectivity index (χ3n) is 2.91. The Bertz CT molecular complexity index is 326. The molecule has 9 N–H and O–H groups in total. The number of nitrogens with zero attached hydrogens (tertiary/aromatic N) is 2. The maximum absolute atomic E-state index is 6.43. The fourth-order valence-electron chi connectivity index (χ4n) is 1.55. The van der Waals surface area contributed by atoms with Gasteiger partial charge in [0.1, 0.15) is 0 Å². The summed E-state index contributed by atoms with van der Waals surface area (Å²) in [5.41, 5.74) is 6.43. The number of nitrogens with one attached hydrogen (secondary N) is 7. The third-order valence-corrected chi connectivity index (χ3v) is 12.4. The Labute approximate surface area is 123 Å². The van der Waals surface area contributed by atoms with Gasteiger partial charge in [0, 0.05) is 0 Å². The summed E-state index contributed by atoms with van der Waals surface area (Å²) in [6.45, 7) is 0. The normalized spacial score (nSPS) is 14.2. The summed E-state index contributed by atoms with van der Waals surface area (Å²) in [7, 11) is 5.71. The molecular weight excluding hydrogens is 317 g/mol. The van der Waals surface area contributed by atoms with Crippen molar-refractivity contribution < 1.29 is 0 Å². The van der Waals surface area contributed by atoms with Gasteiger partial charge in [0.25, 0.3) is 0 Å². The van der Waals surface area contributed by atoms with Gasteiger partial charge < -0.3 is 0 Å². The van der Waals surface area contributed by atoms with Crippen LogP contribution in [0.5, 0.6) is 0 Å². The molecule has 10 nitrogen and oxygen atoms in total. The molecule has 0 aromatic heterocycles. The van der Waals surface area contributed by atoms with Crippen LogP contribution < -0.4 is 41.1 Å². The summed E-state index contributed by atoms with van der Waals surface area (Å²) in [5, 5.41) is 22.1. The molecule has 0 fully saturated rings. The number of hydrogen-bond donors (Lipinski definition) is 8. The van der Waals surface area contributed by atoms with E-state index in [0.717, 1.165) is 0 Å². The van der Waals surface area contributed by atoms with Gasteiger partial charge in [0.2, 0.25) is 0 Å². The van der Waals surface area contributed by atoms with E-state index >= 15 is 0 Å². The quantitative estimate of drug-likeness (QED) is 0.268. The van der Waals surface area contributed by atoms with E-state index in [2.05, 4.69) is 35.6 Å². The molecule has 20 heavy (non-hydrogen) atoms. The van der Waals surface area contributed by atoms with E-state index in [-0.39, 0.29) is 0 Å².